The van der Waals surface area contributed by atoms with Crippen molar-refractivity contribution in [1.82, 2.24) is 0 Å². The van der Waals surface area contributed by atoms with Crippen LogP contribution in [0.1, 0.15) is 15.9 Å². The summed E-state index contributed by atoms with van der Waals surface area (Å²) < 4.78 is 6.11. The highest BCUT2D eigenvalue weighted by Crippen LogP contribution is 2.22. The molecule has 4 heteroatoms. The number of thiophene rings is 1. The van der Waals surface area contributed by atoms with Crippen LogP contribution in [0.15, 0.2) is 39.5 Å². The number of ether oxygens (including phenoxy) is 1. The smallest absolute Gasteiger partial charge is 0.168 e. The van der Waals surface area contributed by atoms with Gasteiger partial charge in [-0.3, -0.25) is 4.79 Å². The molecule has 2 rings (SSSR count). The Kier molecular flexibility index (Phi) is 3.97. The Morgan fingerprint density at radius 2 is 2.24 bits per heavy atom. The second kappa shape index (κ2) is 5.47. The maximum atomic E-state index is 12.0. The maximum absolute atomic E-state index is 12.0. The normalized spacial score (nSPS) is 10.2. The molecule has 1 heterocycles. The van der Waals surface area contributed by atoms with Crippen LogP contribution in [-0.2, 0) is 6.42 Å². The van der Waals surface area contributed by atoms with Crippen LogP contribution in [0.25, 0.3) is 0 Å². The number of methoxy groups -OCH3 is 1. The molecule has 0 N–H and O–H groups in total. The molecule has 1 aromatic carbocycles. The van der Waals surface area contributed by atoms with Crippen LogP contribution in [0, 0.1) is 0 Å². The minimum absolute atomic E-state index is 0.125. The lowest BCUT2D eigenvalue weighted by molar-refractivity contribution is 0.0993. The quantitative estimate of drug-likeness (QED) is 0.799. The Balaban J connectivity index is 2.12. The number of hydrogen-bond acceptors (Lipinski definition) is 3. The van der Waals surface area contributed by atoms with Gasteiger partial charge in [-0.25, -0.2) is 0 Å². The molecule has 2 aromatic rings. The van der Waals surface area contributed by atoms with Gasteiger partial charge in [-0.1, -0.05) is 12.1 Å². The topological polar surface area (TPSA) is 26.3 Å². The molecule has 0 bridgehead atoms. The SMILES string of the molecule is COc1cccc(CC(=O)c2csc(Br)c2)c1. The van der Waals surface area contributed by atoms with E-state index in [-0.39, 0.29) is 5.78 Å². The number of ketones is 1. The number of carbonyl (C=O) groups excluding carboxylic acids is 1. The Morgan fingerprint density at radius 1 is 1.41 bits per heavy atom. The van der Waals surface area contributed by atoms with Crippen LogP contribution in [-0.4, -0.2) is 12.9 Å². The zero-order valence-corrected chi connectivity index (χ0v) is 11.7. The minimum atomic E-state index is 0.125. The summed E-state index contributed by atoms with van der Waals surface area (Å²) in [6.07, 6.45) is 0.403. The molecule has 0 saturated heterocycles. The summed E-state index contributed by atoms with van der Waals surface area (Å²) in [5.74, 6) is 0.905. The van der Waals surface area contributed by atoms with Crippen LogP contribution in [0.4, 0.5) is 0 Å². The van der Waals surface area contributed by atoms with Crippen molar-refractivity contribution in [2.75, 3.05) is 7.11 Å². The molecule has 0 radical (unpaired) electrons. The summed E-state index contributed by atoms with van der Waals surface area (Å²) in [6.45, 7) is 0. The van der Waals surface area contributed by atoms with E-state index in [0.717, 1.165) is 20.7 Å². The van der Waals surface area contributed by atoms with Crippen molar-refractivity contribution in [1.29, 1.82) is 0 Å². The molecular weight excluding hydrogens is 300 g/mol. The van der Waals surface area contributed by atoms with Crippen molar-refractivity contribution in [3.05, 3.63) is 50.6 Å². The van der Waals surface area contributed by atoms with E-state index in [4.69, 9.17) is 4.74 Å². The maximum Gasteiger partial charge on any atom is 0.168 e. The Morgan fingerprint density at radius 3 is 2.88 bits per heavy atom. The average Bonchev–Trinajstić information content (AvgIpc) is 2.76. The largest absolute Gasteiger partial charge is 0.497 e. The number of rotatable bonds is 4. The lowest BCUT2D eigenvalue weighted by atomic mass is 10.1. The zero-order valence-electron chi connectivity index (χ0n) is 9.27. The highest BCUT2D eigenvalue weighted by molar-refractivity contribution is 9.11. The molecule has 0 aliphatic carbocycles. The number of hydrogen-bond donors (Lipinski definition) is 0. The van der Waals surface area contributed by atoms with Gasteiger partial charge in [-0.05, 0) is 39.7 Å². The number of carbonyl (C=O) groups is 1. The van der Waals surface area contributed by atoms with Gasteiger partial charge < -0.3 is 4.74 Å². The van der Waals surface area contributed by atoms with Gasteiger partial charge in [0.15, 0.2) is 5.78 Å². The summed E-state index contributed by atoms with van der Waals surface area (Å²) in [7, 11) is 1.62. The molecule has 17 heavy (non-hydrogen) atoms. The van der Waals surface area contributed by atoms with E-state index in [2.05, 4.69) is 15.9 Å². The fourth-order valence-corrected chi connectivity index (χ4v) is 2.69. The summed E-state index contributed by atoms with van der Waals surface area (Å²) in [6, 6.07) is 9.44. The van der Waals surface area contributed by atoms with Crippen molar-refractivity contribution in [3.8, 4) is 5.75 Å². The highest BCUT2D eigenvalue weighted by Gasteiger charge is 2.09. The molecule has 0 aliphatic heterocycles. The summed E-state index contributed by atoms with van der Waals surface area (Å²) in [5.41, 5.74) is 1.72. The van der Waals surface area contributed by atoms with Gasteiger partial charge in [-0.2, -0.15) is 0 Å². The first-order valence-corrected chi connectivity index (χ1v) is 6.76. The van der Waals surface area contributed by atoms with Crippen LogP contribution in [0.3, 0.4) is 0 Å². The molecule has 0 atom stereocenters. The monoisotopic (exact) mass is 310 g/mol. The van der Waals surface area contributed by atoms with E-state index < -0.39 is 0 Å². The van der Waals surface area contributed by atoms with Gasteiger partial charge in [0, 0.05) is 17.4 Å². The molecule has 0 spiro atoms. The van der Waals surface area contributed by atoms with Gasteiger partial charge in [-0.15, -0.1) is 11.3 Å². The number of benzene rings is 1. The first-order chi connectivity index (χ1) is 8.19. The standard InChI is InChI=1S/C13H11BrO2S/c1-16-11-4-2-3-9(5-11)6-12(15)10-7-13(14)17-8-10/h2-5,7-8H,6H2,1H3. The molecule has 2 nitrogen and oxygen atoms in total. The number of halogens is 1. The van der Waals surface area contributed by atoms with Gasteiger partial charge in [0.1, 0.15) is 5.75 Å². The van der Waals surface area contributed by atoms with Gasteiger partial charge in [0.2, 0.25) is 0 Å². The lowest BCUT2D eigenvalue weighted by Crippen LogP contribution is -2.02. The fraction of sp³-hybridized carbons (Fsp3) is 0.154. The van der Waals surface area contributed by atoms with Gasteiger partial charge in [0.05, 0.1) is 10.9 Å². The van der Waals surface area contributed by atoms with Crippen molar-refractivity contribution >= 4 is 33.0 Å². The number of Topliss-reactive ketones (excluding diaryl/α,β-unsaturated/α-hetero) is 1. The molecule has 0 amide bonds. The Labute approximate surface area is 112 Å². The summed E-state index contributed by atoms with van der Waals surface area (Å²) in [4.78, 5) is 12.0. The lowest BCUT2D eigenvalue weighted by Gasteiger charge is -2.03. The van der Waals surface area contributed by atoms with Gasteiger partial charge >= 0.3 is 0 Å². The van der Waals surface area contributed by atoms with E-state index in [1.165, 1.54) is 11.3 Å². The zero-order chi connectivity index (χ0) is 12.3. The second-order valence-electron chi connectivity index (χ2n) is 3.59. The first-order valence-electron chi connectivity index (χ1n) is 5.09. The second-order valence-corrected chi connectivity index (χ2v) is 5.88. The summed E-state index contributed by atoms with van der Waals surface area (Å²) in [5, 5.41) is 1.87. The average molecular weight is 311 g/mol. The van der Waals surface area contributed by atoms with E-state index in [1.54, 1.807) is 7.11 Å². The molecule has 0 saturated carbocycles. The molecule has 88 valence electrons. The van der Waals surface area contributed by atoms with Crippen LogP contribution < -0.4 is 4.74 Å². The fourth-order valence-electron chi connectivity index (χ4n) is 1.53. The third kappa shape index (κ3) is 3.17. The first kappa shape index (κ1) is 12.3. The predicted molar refractivity (Wildman–Crippen MR) is 73.0 cm³/mol. The van der Waals surface area contributed by atoms with Crippen molar-refractivity contribution < 1.29 is 9.53 Å². The summed E-state index contributed by atoms with van der Waals surface area (Å²) >= 11 is 4.88. The van der Waals surface area contributed by atoms with Crippen LogP contribution in [0.5, 0.6) is 5.75 Å². The molecule has 0 unspecified atom stereocenters. The highest BCUT2D eigenvalue weighted by atomic mass is 79.9. The minimum Gasteiger partial charge on any atom is -0.497 e. The molecule has 0 aliphatic rings. The van der Waals surface area contributed by atoms with E-state index >= 15 is 0 Å². The van der Waals surface area contributed by atoms with Gasteiger partial charge in [0.25, 0.3) is 0 Å². The molecule has 1 aromatic heterocycles. The van der Waals surface area contributed by atoms with E-state index in [1.807, 2.05) is 35.7 Å². The molecular formula is C13H11BrO2S. The van der Waals surface area contributed by atoms with Crippen molar-refractivity contribution in [3.63, 3.8) is 0 Å². The van der Waals surface area contributed by atoms with Crippen molar-refractivity contribution in [2.45, 2.75) is 6.42 Å². The van der Waals surface area contributed by atoms with E-state index in [9.17, 15) is 4.79 Å². The Hall–Kier alpha value is -1.13. The molecule has 0 fully saturated rings. The van der Waals surface area contributed by atoms with Crippen molar-refractivity contribution in [2.24, 2.45) is 0 Å². The third-order valence-electron chi connectivity index (χ3n) is 2.39. The van der Waals surface area contributed by atoms with Crippen LogP contribution >= 0.6 is 27.3 Å². The van der Waals surface area contributed by atoms with Crippen LogP contribution in [0.2, 0.25) is 0 Å². The van der Waals surface area contributed by atoms with E-state index in [0.29, 0.717) is 6.42 Å². The third-order valence-corrected chi connectivity index (χ3v) is 3.89. The Bertz CT molecular complexity index is 534. The predicted octanol–water partition coefficient (Wildman–Crippen LogP) is 3.94.